The van der Waals surface area contributed by atoms with Crippen LogP contribution in [0, 0.1) is 0 Å². The Hall–Kier alpha value is -0.970. The molecule has 2 nitrogen and oxygen atoms in total. The summed E-state index contributed by atoms with van der Waals surface area (Å²) in [4.78, 5) is 0. The van der Waals surface area contributed by atoms with Gasteiger partial charge in [-0.3, -0.25) is 0 Å². The van der Waals surface area contributed by atoms with Gasteiger partial charge < -0.3 is 9.88 Å². The average molecular weight is 192 g/mol. The van der Waals surface area contributed by atoms with Crippen molar-refractivity contribution in [2.75, 3.05) is 6.54 Å². The van der Waals surface area contributed by atoms with E-state index in [1.165, 1.54) is 0 Å². The molecule has 0 aliphatic heterocycles. The molecular weight excluding hydrogens is 181 g/mol. The first kappa shape index (κ1) is 10.1. The van der Waals surface area contributed by atoms with Crippen LogP contribution < -0.4 is 5.32 Å². The quantitative estimate of drug-likeness (QED) is 0.770. The maximum atomic E-state index is 11.7. The van der Waals surface area contributed by atoms with Crippen molar-refractivity contribution in [2.24, 2.45) is 7.05 Å². The molecule has 0 atom stereocenters. The second-order valence-corrected chi connectivity index (χ2v) is 2.83. The van der Waals surface area contributed by atoms with E-state index in [2.05, 4.69) is 5.32 Å². The van der Waals surface area contributed by atoms with Gasteiger partial charge in [0, 0.05) is 25.5 Å². The highest BCUT2D eigenvalue weighted by molar-refractivity contribution is 5.05. The number of hydrogen-bond acceptors (Lipinski definition) is 1. The summed E-state index contributed by atoms with van der Waals surface area (Å²) in [7, 11) is 1.80. The van der Waals surface area contributed by atoms with E-state index >= 15 is 0 Å². The summed E-state index contributed by atoms with van der Waals surface area (Å²) in [6.07, 6.45) is -2.34. The van der Waals surface area contributed by atoms with Gasteiger partial charge in [0.15, 0.2) is 0 Å². The molecule has 0 bridgehead atoms. The lowest BCUT2D eigenvalue weighted by molar-refractivity contribution is -0.125. The number of aryl methyl sites for hydroxylation is 1. The van der Waals surface area contributed by atoms with E-state index in [9.17, 15) is 13.2 Å². The van der Waals surface area contributed by atoms with Gasteiger partial charge in [-0.05, 0) is 12.1 Å². The highest BCUT2D eigenvalue weighted by atomic mass is 19.4. The third-order valence-corrected chi connectivity index (χ3v) is 1.68. The molecule has 0 aliphatic carbocycles. The smallest absolute Gasteiger partial charge is 0.353 e. The lowest BCUT2D eigenvalue weighted by atomic mass is 10.4. The summed E-state index contributed by atoms with van der Waals surface area (Å²) in [6.45, 7) is -0.707. The van der Waals surface area contributed by atoms with Crippen molar-refractivity contribution in [3.05, 3.63) is 24.0 Å². The van der Waals surface area contributed by atoms with Gasteiger partial charge in [-0.2, -0.15) is 13.2 Å². The Morgan fingerprint density at radius 3 is 2.62 bits per heavy atom. The predicted octanol–water partition coefficient (Wildman–Crippen LogP) is 1.68. The molecule has 0 radical (unpaired) electrons. The topological polar surface area (TPSA) is 17.0 Å². The molecule has 1 N–H and O–H groups in total. The van der Waals surface area contributed by atoms with Crippen molar-refractivity contribution in [1.29, 1.82) is 0 Å². The van der Waals surface area contributed by atoms with Crippen molar-refractivity contribution in [3.8, 4) is 0 Å². The summed E-state index contributed by atoms with van der Waals surface area (Å²) < 4.78 is 36.9. The molecular formula is C8H11F3N2. The Balaban J connectivity index is 2.32. The average Bonchev–Trinajstić information content (AvgIpc) is 2.34. The van der Waals surface area contributed by atoms with Crippen molar-refractivity contribution in [3.63, 3.8) is 0 Å². The minimum Gasteiger partial charge on any atom is -0.353 e. The van der Waals surface area contributed by atoms with E-state index in [-0.39, 0.29) is 6.54 Å². The minimum atomic E-state index is -4.13. The molecule has 74 valence electrons. The largest absolute Gasteiger partial charge is 0.401 e. The van der Waals surface area contributed by atoms with E-state index < -0.39 is 12.7 Å². The zero-order valence-corrected chi connectivity index (χ0v) is 7.23. The van der Waals surface area contributed by atoms with Crippen LogP contribution in [0.15, 0.2) is 18.3 Å². The fraction of sp³-hybridized carbons (Fsp3) is 0.500. The lowest BCUT2D eigenvalue weighted by Gasteiger charge is -2.08. The van der Waals surface area contributed by atoms with Crippen LogP contribution in [-0.2, 0) is 13.6 Å². The predicted molar refractivity (Wildman–Crippen MR) is 43.2 cm³/mol. The van der Waals surface area contributed by atoms with Gasteiger partial charge in [-0.1, -0.05) is 0 Å². The monoisotopic (exact) mass is 192 g/mol. The molecule has 1 rings (SSSR count). The van der Waals surface area contributed by atoms with Crippen LogP contribution in [0.2, 0.25) is 0 Å². The summed E-state index contributed by atoms with van der Waals surface area (Å²) in [6, 6.07) is 3.58. The van der Waals surface area contributed by atoms with E-state index in [1.54, 1.807) is 29.9 Å². The lowest BCUT2D eigenvalue weighted by Crippen LogP contribution is -2.28. The second-order valence-electron chi connectivity index (χ2n) is 2.83. The Labute approximate surface area is 74.4 Å². The van der Waals surface area contributed by atoms with Crippen LogP contribution in [0.25, 0.3) is 0 Å². The van der Waals surface area contributed by atoms with Gasteiger partial charge in [-0.15, -0.1) is 0 Å². The van der Waals surface area contributed by atoms with Gasteiger partial charge in [0.05, 0.1) is 6.54 Å². The van der Waals surface area contributed by atoms with Crippen molar-refractivity contribution < 1.29 is 13.2 Å². The summed E-state index contributed by atoms with van der Waals surface area (Å²) in [5.41, 5.74) is 0.837. The first-order valence-electron chi connectivity index (χ1n) is 3.87. The van der Waals surface area contributed by atoms with E-state index in [4.69, 9.17) is 0 Å². The number of alkyl halides is 3. The number of nitrogens with one attached hydrogen (secondary N) is 1. The Bertz CT molecular complexity index is 265. The van der Waals surface area contributed by atoms with Crippen molar-refractivity contribution >= 4 is 0 Å². The Morgan fingerprint density at radius 1 is 1.46 bits per heavy atom. The van der Waals surface area contributed by atoms with Crippen LogP contribution in [0.5, 0.6) is 0 Å². The first-order chi connectivity index (χ1) is 5.99. The van der Waals surface area contributed by atoms with Crippen LogP contribution >= 0.6 is 0 Å². The van der Waals surface area contributed by atoms with E-state index in [0.717, 1.165) is 5.69 Å². The zero-order valence-electron chi connectivity index (χ0n) is 7.23. The summed E-state index contributed by atoms with van der Waals surface area (Å²) in [5.74, 6) is 0. The maximum absolute atomic E-state index is 11.7. The SMILES string of the molecule is Cn1cccc1CNCC(F)(F)F. The fourth-order valence-corrected chi connectivity index (χ4v) is 1.01. The highest BCUT2D eigenvalue weighted by Gasteiger charge is 2.26. The summed E-state index contributed by atoms with van der Waals surface area (Å²) >= 11 is 0. The minimum absolute atomic E-state index is 0.239. The number of halogens is 3. The fourth-order valence-electron chi connectivity index (χ4n) is 1.01. The molecule has 13 heavy (non-hydrogen) atoms. The van der Waals surface area contributed by atoms with Gasteiger partial charge in [0.25, 0.3) is 0 Å². The Morgan fingerprint density at radius 2 is 2.15 bits per heavy atom. The van der Waals surface area contributed by atoms with E-state index in [0.29, 0.717) is 0 Å². The molecule has 0 aliphatic rings. The molecule has 1 aromatic heterocycles. The standard InChI is InChI=1S/C8H11F3N2/c1-13-4-2-3-7(13)5-12-6-8(9,10)11/h2-4,12H,5-6H2,1H3. The normalized spacial score (nSPS) is 12.0. The van der Waals surface area contributed by atoms with Crippen LogP contribution in [0.3, 0.4) is 0 Å². The molecule has 1 heterocycles. The van der Waals surface area contributed by atoms with Crippen molar-refractivity contribution in [2.45, 2.75) is 12.7 Å². The van der Waals surface area contributed by atoms with Gasteiger partial charge >= 0.3 is 6.18 Å². The number of aromatic nitrogens is 1. The van der Waals surface area contributed by atoms with E-state index in [1.807, 2.05) is 0 Å². The van der Waals surface area contributed by atoms with Gasteiger partial charge in [0.2, 0.25) is 0 Å². The van der Waals surface area contributed by atoms with Crippen molar-refractivity contribution in [1.82, 2.24) is 9.88 Å². The van der Waals surface area contributed by atoms with Gasteiger partial charge in [0.1, 0.15) is 0 Å². The third-order valence-electron chi connectivity index (χ3n) is 1.68. The number of hydrogen-bond donors (Lipinski definition) is 1. The first-order valence-corrected chi connectivity index (χ1v) is 3.87. The molecule has 0 saturated carbocycles. The molecule has 0 amide bonds. The van der Waals surface area contributed by atoms with Crippen LogP contribution in [0.1, 0.15) is 5.69 Å². The van der Waals surface area contributed by atoms with Gasteiger partial charge in [-0.25, -0.2) is 0 Å². The van der Waals surface area contributed by atoms with Crippen LogP contribution in [0.4, 0.5) is 13.2 Å². The molecule has 0 unspecified atom stereocenters. The zero-order chi connectivity index (χ0) is 9.90. The molecule has 0 aromatic carbocycles. The third kappa shape index (κ3) is 3.50. The number of rotatable bonds is 3. The Kier molecular flexibility index (Phi) is 2.98. The molecule has 0 spiro atoms. The molecule has 0 saturated heterocycles. The maximum Gasteiger partial charge on any atom is 0.401 e. The number of nitrogens with zero attached hydrogens (tertiary/aromatic N) is 1. The molecule has 0 fully saturated rings. The highest BCUT2D eigenvalue weighted by Crippen LogP contribution is 2.12. The van der Waals surface area contributed by atoms with Crippen LogP contribution in [-0.4, -0.2) is 17.3 Å². The summed E-state index contributed by atoms with van der Waals surface area (Å²) in [5, 5.41) is 2.32. The second kappa shape index (κ2) is 3.83. The molecule has 1 aromatic rings. The molecule has 5 heteroatoms.